The van der Waals surface area contributed by atoms with Gasteiger partial charge in [0.05, 0.1) is 5.60 Å². The van der Waals surface area contributed by atoms with Gasteiger partial charge in [-0.25, -0.2) is 0 Å². The highest BCUT2D eigenvalue weighted by Crippen LogP contribution is 2.46. The van der Waals surface area contributed by atoms with E-state index in [0.29, 0.717) is 5.54 Å². The summed E-state index contributed by atoms with van der Waals surface area (Å²) in [4.78, 5) is 0. The molecule has 0 amide bonds. The summed E-state index contributed by atoms with van der Waals surface area (Å²) < 4.78 is 0. The van der Waals surface area contributed by atoms with Crippen molar-refractivity contribution in [1.29, 1.82) is 0 Å². The molecule has 2 heteroatoms. The van der Waals surface area contributed by atoms with E-state index in [0.717, 1.165) is 25.8 Å². The number of rotatable bonds is 2. The van der Waals surface area contributed by atoms with Crippen LogP contribution < -0.4 is 5.32 Å². The van der Waals surface area contributed by atoms with Crippen LogP contribution in [0.2, 0.25) is 0 Å². The van der Waals surface area contributed by atoms with Gasteiger partial charge in [0.15, 0.2) is 0 Å². The molecule has 70 valence electrons. The fourth-order valence-corrected chi connectivity index (χ4v) is 2.81. The molecule has 0 saturated heterocycles. The quantitative estimate of drug-likeness (QED) is 0.655. The second kappa shape index (κ2) is 2.71. The van der Waals surface area contributed by atoms with Gasteiger partial charge in [-0.15, -0.1) is 0 Å². The predicted octanol–water partition coefficient (Wildman–Crippen LogP) is 1.43. The summed E-state index contributed by atoms with van der Waals surface area (Å²) in [6, 6.07) is 0. The molecule has 0 aromatic carbocycles. The summed E-state index contributed by atoms with van der Waals surface area (Å²) in [7, 11) is 0. The molecule has 2 N–H and O–H groups in total. The van der Waals surface area contributed by atoms with Crippen LogP contribution in [-0.2, 0) is 0 Å². The highest BCUT2D eigenvalue weighted by Gasteiger charge is 2.46. The van der Waals surface area contributed by atoms with E-state index < -0.39 is 0 Å². The third kappa shape index (κ3) is 1.27. The highest BCUT2D eigenvalue weighted by molar-refractivity contribution is 5.04. The molecule has 0 aliphatic heterocycles. The third-order valence-corrected chi connectivity index (χ3v) is 3.76. The first-order valence-electron chi connectivity index (χ1n) is 5.16. The Kier molecular flexibility index (Phi) is 1.92. The van der Waals surface area contributed by atoms with E-state index in [1.165, 1.54) is 19.3 Å². The van der Waals surface area contributed by atoms with Gasteiger partial charge >= 0.3 is 0 Å². The molecule has 0 aromatic rings. The lowest BCUT2D eigenvalue weighted by Gasteiger charge is -2.51. The minimum atomic E-state index is -0.281. The molecule has 0 radical (unpaired) electrons. The van der Waals surface area contributed by atoms with Gasteiger partial charge in [-0.1, -0.05) is 6.92 Å². The molecule has 2 bridgehead atoms. The van der Waals surface area contributed by atoms with Gasteiger partial charge in [0.1, 0.15) is 0 Å². The van der Waals surface area contributed by atoms with Crippen LogP contribution in [0.25, 0.3) is 0 Å². The molecule has 0 atom stereocenters. The van der Waals surface area contributed by atoms with Crippen molar-refractivity contribution in [2.45, 2.75) is 56.6 Å². The maximum Gasteiger partial charge on any atom is 0.0649 e. The van der Waals surface area contributed by atoms with E-state index in [4.69, 9.17) is 0 Å². The summed E-state index contributed by atoms with van der Waals surface area (Å²) in [5.74, 6) is 0. The van der Waals surface area contributed by atoms with Crippen LogP contribution in [0, 0.1) is 0 Å². The smallest absolute Gasteiger partial charge is 0.0649 e. The Bertz CT molecular complexity index is 154. The van der Waals surface area contributed by atoms with E-state index in [1.807, 2.05) is 0 Å². The van der Waals surface area contributed by atoms with Gasteiger partial charge in [-0.05, 0) is 45.1 Å². The average molecular weight is 169 g/mol. The zero-order chi connectivity index (χ0) is 8.66. The molecule has 12 heavy (non-hydrogen) atoms. The zero-order valence-electron chi connectivity index (χ0n) is 7.90. The van der Waals surface area contributed by atoms with Gasteiger partial charge in [-0.2, -0.15) is 0 Å². The van der Waals surface area contributed by atoms with Crippen molar-refractivity contribution in [2.24, 2.45) is 0 Å². The summed E-state index contributed by atoms with van der Waals surface area (Å²) >= 11 is 0. The molecule has 3 aliphatic rings. The minimum Gasteiger partial charge on any atom is -0.390 e. The van der Waals surface area contributed by atoms with Crippen LogP contribution in [0.1, 0.15) is 45.4 Å². The third-order valence-electron chi connectivity index (χ3n) is 3.76. The maximum absolute atomic E-state index is 9.97. The van der Waals surface area contributed by atoms with Gasteiger partial charge in [0, 0.05) is 5.54 Å². The molecular formula is C10H19NO. The Morgan fingerprint density at radius 1 is 1.08 bits per heavy atom. The first-order valence-corrected chi connectivity index (χ1v) is 5.16. The number of fused-ring (bicyclic) bond motifs is 3. The van der Waals surface area contributed by atoms with Crippen LogP contribution >= 0.6 is 0 Å². The Morgan fingerprint density at radius 2 is 1.58 bits per heavy atom. The maximum atomic E-state index is 9.97. The Hall–Kier alpha value is -0.0800. The lowest BCUT2D eigenvalue weighted by molar-refractivity contribution is -0.0720. The molecular weight excluding hydrogens is 150 g/mol. The van der Waals surface area contributed by atoms with Gasteiger partial charge in [0.25, 0.3) is 0 Å². The van der Waals surface area contributed by atoms with Crippen molar-refractivity contribution < 1.29 is 5.11 Å². The molecule has 3 rings (SSSR count). The predicted molar refractivity (Wildman–Crippen MR) is 49.1 cm³/mol. The van der Waals surface area contributed by atoms with Crippen molar-refractivity contribution in [3.8, 4) is 0 Å². The summed E-state index contributed by atoms with van der Waals surface area (Å²) in [6.45, 7) is 3.24. The van der Waals surface area contributed by atoms with Crippen LogP contribution in [0.15, 0.2) is 0 Å². The van der Waals surface area contributed by atoms with Crippen molar-refractivity contribution in [3.05, 3.63) is 0 Å². The second-order valence-corrected chi connectivity index (χ2v) is 4.54. The lowest BCUT2D eigenvalue weighted by Crippen LogP contribution is -2.57. The highest BCUT2D eigenvalue weighted by atomic mass is 16.3. The van der Waals surface area contributed by atoms with Crippen molar-refractivity contribution in [1.82, 2.24) is 5.32 Å². The monoisotopic (exact) mass is 169 g/mol. The van der Waals surface area contributed by atoms with Crippen LogP contribution in [0.5, 0.6) is 0 Å². The average Bonchev–Trinajstić information content (AvgIpc) is 2.08. The Balaban J connectivity index is 2.04. The standard InChI is InChI=1S/C10H19NO/c1-2-11-9-3-6-10(12,7-4-9)8-5-9/h11-12H,2-8H2,1H3. The first-order chi connectivity index (χ1) is 5.68. The molecule has 3 fully saturated rings. The van der Waals surface area contributed by atoms with E-state index in [1.54, 1.807) is 0 Å². The zero-order valence-corrected chi connectivity index (χ0v) is 7.90. The topological polar surface area (TPSA) is 32.3 Å². The number of aliphatic hydroxyl groups is 1. The van der Waals surface area contributed by atoms with E-state index >= 15 is 0 Å². The molecule has 0 spiro atoms. The van der Waals surface area contributed by atoms with E-state index in [-0.39, 0.29) is 5.60 Å². The number of hydrogen-bond donors (Lipinski definition) is 2. The molecule has 0 heterocycles. The summed E-state index contributed by atoms with van der Waals surface area (Å²) in [6.07, 6.45) is 6.58. The minimum absolute atomic E-state index is 0.281. The number of hydrogen-bond acceptors (Lipinski definition) is 2. The van der Waals surface area contributed by atoms with Crippen molar-refractivity contribution >= 4 is 0 Å². The fourth-order valence-electron chi connectivity index (χ4n) is 2.81. The van der Waals surface area contributed by atoms with E-state index in [2.05, 4.69) is 12.2 Å². The molecule has 3 saturated carbocycles. The van der Waals surface area contributed by atoms with Crippen molar-refractivity contribution in [3.63, 3.8) is 0 Å². The second-order valence-electron chi connectivity index (χ2n) is 4.54. The van der Waals surface area contributed by atoms with Crippen LogP contribution in [0.3, 0.4) is 0 Å². The molecule has 0 aromatic heterocycles. The summed E-state index contributed by atoms with van der Waals surface area (Å²) in [5, 5.41) is 13.6. The first kappa shape index (κ1) is 8.52. The van der Waals surface area contributed by atoms with Crippen LogP contribution in [-0.4, -0.2) is 22.8 Å². The van der Waals surface area contributed by atoms with Gasteiger partial charge < -0.3 is 10.4 Å². The van der Waals surface area contributed by atoms with Crippen LogP contribution in [0.4, 0.5) is 0 Å². The Morgan fingerprint density at radius 3 is 2.00 bits per heavy atom. The van der Waals surface area contributed by atoms with E-state index in [9.17, 15) is 5.11 Å². The van der Waals surface area contributed by atoms with Crippen molar-refractivity contribution in [2.75, 3.05) is 6.54 Å². The largest absolute Gasteiger partial charge is 0.390 e. The lowest BCUT2D eigenvalue weighted by atomic mass is 9.63. The summed E-state index contributed by atoms with van der Waals surface area (Å²) in [5.41, 5.74) is 0.121. The SMILES string of the molecule is CCNC12CCC(O)(CC1)CC2. The fraction of sp³-hybridized carbons (Fsp3) is 1.00. The van der Waals surface area contributed by atoms with Gasteiger partial charge in [0.2, 0.25) is 0 Å². The number of nitrogens with one attached hydrogen (secondary N) is 1. The molecule has 2 nitrogen and oxygen atoms in total. The normalized spacial score (nSPS) is 46.5. The molecule has 0 unspecified atom stereocenters. The Labute approximate surface area is 74.4 Å². The molecule has 3 aliphatic carbocycles. The van der Waals surface area contributed by atoms with Gasteiger partial charge in [-0.3, -0.25) is 0 Å².